The van der Waals surface area contributed by atoms with Gasteiger partial charge in [-0.3, -0.25) is 0 Å². The van der Waals surface area contributed by atoms with Gasteiger partial charge in [0.1, 0.15) is 5.75 Å². The number of hydrogen-bond donors (Lipinski definition) is 1. The fourth-order valence-corrected chi connectivity index (χ4v) is 2.33. The van der Waals surface area contributed by atoms with Crippen LogP contribution >= 0.6 is 11.8 Å². The van der Waals surface area contributed by atoms with Crippen molar-refractivity contribution < 1.29 is 23.0 Å². The lowest BCUT2D eigenvalue weighted by Gasteiger charge is -2.15. The van der Waals surface area contributed by atoms with E-state index in [9.17, 15) is 18.3 Å². The number of ether oxygens (including phenoxy) is 1. The van der Waals surface area contributed by atoms with E-state index in [0.717, 1.165) is 6.42 Å². The van der Waals surface area contributed by atoms with Crippen molar-refractivity contribution in [3.63, 3.8) is 0 Å². The van der Waals surface area contributed by atoms with Gasteiger partial charge in [-0.25, -0.2) is 0 Å². The molecular formula is C13H17F3O2S. The molecule has 0 aliphatic rings. The Labute approximate surface area is 115 Å². The van der Waals surface area contributed by atoms with E-state index in [0.29, 0.717) is 16.6 Å². The Balaban J connectivity index is 2.65. The van der Waals surface area contributed by atoms with E-state index in [-0.39, 0.29) is 5.75 Å². The lowest BCUT2D eigenvalue weighted by molar-refractivity contribution is -0.274. The minimum atomic E-state index is -4.71. The van der Waals surface area contributed by atoms with Gasteiger partial charge in [0.2, 0.25) is 0 Å². The molecule has 2 unspecified atom stereocenters. The summed E-state index contributed by atoms with van der Waals surface area (Å²) in [6, 6.07) is 5.46. The van der Waals surface area contributed by atoms with Crippen molar-refractivity contribution in [1.82, 2.24) is 0 Å². The van der Waals surface area contributed by atoms with Crippen LogP contribution in [0.4, 0.5) is 13.2 Å². The fourth-order valence-electron chi connectivity index (χ4n) is 1.39. The van der Waals surface area contributed by atoms with E-state index in [1.807, 2.05) is 13.8 Å². The monoisotopic (exact) mass is 294 g/mol. The predicted molar refractivity (Wildman–Crippen MR) is 70.3 cm³/mol. The van der Waals surface area contributed by atoms with E-state index in [1.54, 1.807) is 17.8 Å². The molecule has 2 nitrogen and oxygen atoms in total. The second kappa shape index (κ2) is 7.05. The SMILES string of the molecule is CCC(C)SCC(O)c1cccc(OC(F)(F)F)c1. The van der Waals surface area contributed by atoms with Crippen molar-refractivity contribution in [2.75, 3.05) is 5.75 Å². The second-order valence-electron chi connectivity index (χ2n) is 4.19. The zero-order valence-electron chi connectivity index (χ0n) is 10.8. The summed E-state index contributed by atoms with van der Waals surface area (Å²) in [6.07, 6.45) is -4.53. The van der Waals surface area contributed by atoms with Crippen molar-refractivity contribution in [1.29, 1.82) is 0 Å². The Morgan fingerprint density at radius 3 is 2.63 bits per heavy atom. The first kappa shape index (κ1) is 16.2. The maximum atomic E-state index is 12.1. The van der Waals surface area contributed by atoms with Gasteiger partial charge in [0.15, 0.2) is 0 Å². The number of thioether (sulfide) groups is 1. The first-order valence-corrected chi connectivity index (χ1v) is 7.02. The van der Waals surface area contributed by atoms with Gasteiger partial charge >= 0.3 is 6.36 Å². The topological polar surface area (TPSA) is 29.5 Å². The summed E-state index contributed by atoms with van der Waals surface area (Å²) in [5, 5.41) is 10.3. The van der Waals surface area contributed by atoms with Gasteiger partial charge in [-0.1, -0.05) is 26.0 Å². The van der Waals surface area contributed by atoms with Crippen molar-refractivity contribution in [2.45, 2.75) is 38.0 Å². The zero-order valence-corrected chi connectivity index (χ0v) is 11.6. The van der Waals surface area contributed by atoms with E-state index < -0.39 is 12.5 Å². The summed E-state index contributed by atoms with van der Waals surface area (Å²) in [6.45, 7) is 4.09. The number of halogens is 3. The van der Waals surface area contributed by atoms with Crippen LogP contribution in [0, 0.1) is 0 Å². The summed E-state index contributed by atoms with van der Waals surface area (Å²) in [4.78, 5) is 0. The molecule has 0 fully saturated rings. The van der Waals surface area contributed by atoms with Crippen LogP contribution in [0.3, 0.4) is 0 Å². The molecule has 1 N–H and O–H groups in total. The normalized spacial score (nSPS) is 15.1. The van der Waals surface area contributed by atoms with E-state index in [4.69, 9.17) is 0 Å². The minimum Gasteiger partial charge on any atom is -0.406 e. The molecule has 0 bridgehead atoms. The highest BCUT2D eigenvalue weighted by molar-refractivity contribution is 7.99. The maximum Gasteiger partial charge on any atom is 0.573 e. The Morgan fingerprint density at radius 2 is 2.05 bits per heavy atom. The summed E-state index contributed by atoms with van der Waals surface area (Å²) in [5.74, 6) is 0.141. The molecule has 0 radical (unpaired) electrons. The molecule has 108 valence electrons. The highest BCUT2D eigenvalue weighted by atomic mass is 32.2. The van der Waals surface area contributed by atoms with E-state index in [1.165, 1.54) is 18.2 Å². The van der Waals surface area contributed by atoms with E-state index >= 15 is 0 Å². The Morgan fingerprint density at radius 1 is 1.37 bits per heavy atom. The van der Waals surface area contributed by atoms with Gasteiger partial charge in [-0.05, 0) is 24.1 Å². The average Bonchev–Trinajstić information content (AvgIpc) is 2.33. The largest absolute Gasteiger partial charge is 0.573 e. The Bertz CT molecular complexity index is 396. The first-order valence-electron chi connectivity index (χ1n) is 5.97. The minimum absolute atomic E-state index is 0.308. The molecular weight excluding hydrogens is 277 g/mol. The number of alkyl halides is 3. The zero-order chi connectivity index (χ0) is 14.5. The van der Waals surface area contributed by atoms with Gasteiger partial charge in [-0.2, -0.15) is 11.8 Å². The highest BCUT2D eigenvalue weighted by Gasteiger charge is 2.31. The number of rotatable bonds is 6. The molecule has 0 aliphatic heterocycles. The number of aliphatic hydroxyl groups is 1. The van der Waals surface area contributed by atoms with Gasteiger partial charge in [-0.15, -0.1) is 13.2 Å². The fraction of sp³-hybridized carbons (Fsp3) is 0.538. The highest BCUT2D eigenvalue weighted by Crippen LogP contribution is 2.28. The molecule has 0 saturated carbocycles. The smallest absolute Gasteiger partial charge is 0.406 e. The van der Waals surface area contributed by atoms with Crippen LogP contribution in [0.25, 0.3) is 0 Å². The van der Waals surface area contributed by atoms with Crippen LogP contribution in [0.2, 0.25) is 0 Å². The van der Waals surface area contributed by atoms with E-state index in [2.05, 4.69) is 4.74 Å². The standard InChI is InChI=1S/C13H17F3O2S/c1-3-9(2)19-8-12(17)10-5-4-6-11(7-10)18-13(14,15)16/h4-7,9,12,17H,3,8H2,1-2H3. The number of benzene rings is 1. The van der Waals surface area contributed by atoms with Crippen LogP contribution in [-0.4, -0.2) is 22.5 Å². The Hall–Kier alpha value is -0.880. The molecule has 0 saturated heterocycles. The van der Waals surface area contributed by atoms with Crippen molar-refractivity contribution in [3.8, 4) is 5.75 Å². The van der Waals surface area contributed by atoms with Gasteiger partial charge in [0.05, 0.1) is 6.10 Å². The predicted octanol–water partition coefficient (Wildman–Crippen LogP) is 4.15. The third-order valence-electron chi connectivity index (χ3n) is 2.59. The van der Waals surface area contributed by atoms with Crippen molar-refractivity contribution >= 4 is 11.8 Å². The lowest BCUT2D eigenvalue weighted by Crippen LogP contribution is -2.17. The summed E-state index contributed by atoms with van der Waals surface area (Å²) in [7, 11) is 0. The summed E-state index contributed by atoms with van der Waals surface area (Å²) >= 11 is 1.59. The molecule has 0 aliphatic carbocycles. The number of aliphatic hydroxyl groups excluding tert-OH is 1. The van der Waals surface area contributed by atoms with Crippen LogP contribution in [0.1, 0.15) is 31.9 Å². The molecule has 0 spiro atoms. The molecule has 1 aromatic carbocycles. The summed E-state index contributed by atoms with van der Waals surface area (Å²) < 4.78 is 40.1. The third kappa shape index (κ3) is 6.20. The third-order valence-corrected chi connectivity index (χ3v) is 4.00. The second-order valence-corrected chi connectivity index (χ2v) is 5.66. The molecule has 0 aromatic heterocycles. The van der Waals surface area contributed by atoms with Crippen LogP contribution in [0.5, 0.6) is 5.75 Å². The van der Waals surface area contributed by atoms with Gasteiger partial charge < -0.3 is 9.84 Å². The molecule has 19 heavy (non-hydrogen) atoms. The van der Waals surface area contributed by atoms with Crippen LogP contribution < -0.4 is 4.74 Å². The van der Waals surface area contributed by atoms with Gasteiger partial charge in [0.25, 0.3) is 0 Å². The van der Waals surface area contributed by atoms with Crippen molar-refractivity contribution in [3.05, 3.63) is 29.8 Å². The molecule has 2 atom stereocenters. The molecule has 6 heteroatoms. The maximum absolute atomic E-state index is 12.1. The van der Waals surface area contributed by atoms with Crippen molar-refractivity contribution in [2.24, 2.45) is 0 Å². The van der Waals surface area contributed by atoms with Crippen LogP contribution in [0.15, 0.2) is 24.3 Å². The van der Waals surface area contributed by atoms with Crippen LogP contribution in [-0.2, 0) is 0 Å². The average molecular weight is 294 g/mol. The molecule has 0 amide bonds. The number of hydrogen-bond acceptors (Lipinski definition) is 3. The van der Waals surface area contributed by atoms with Gasteiger partial charge in [0, 0.05) is 11.0 Å². The summed E-state index contributed by atoms with van der Waals surface area (Å²) in [5.41, 5.74) is 0.428. The first-order chi connectivity index (χ1) is 8.81. The quantitative estimate of drug-likeness (QED) is 0.854. The lowest BCUT2D eigenvalue weighted by atomic mass is 10.1. The molecule has 1 aromatic rings. The molecule has 0 heterocycles. The molecule has 1 rings (SSSR count). The Kier molecular flexibility index (Phi) is 6.00.